The Kier molecular flexibility index (Phi) is 6.03. The first-order valence-electron chi connectivity index (χ1n) is 7.47. The van der Waals surface area contributed by atoms with E-state index in [1.54, 1.807) is 11.0 Å². The van der Waals surface area contributed by atoms with Gasteiger partial charge in [-0.25, -0.2) is 4.79 Å². The van der Waals surface area contributed by atoms with E-state index in [4.69, 9.17) is 4.74 Å². The van der Waals surface area contributed by atoms with Crippen molar-refractivity contribution in [1.82, 2.24) is 4.90 Å². The van der Waals surface area contributed by atoms with E-state index in [9.17, 15) is 9.90 Å². The molecule has 1 fully saturated rings. The smallest absolute Gasteiger partial charge is 0.410 e. The molecule has 5 heteroatoms. The maximum atomic E-state index is 12.3. The Balaban J connectivity index is 2.00. The molecule has 1 unspecified atom stereocenters. The van der Waals surface area contributed by atoms with Crippen LogP contribution < -0.4 is 0 Å². The van der Waals surface area contributed by atoms with Crippen LogP contribution >= 0.6 is 15.9 Å². The number of alkyl halides is 1. The first kappa shape index (κ1) is 17.0. The Morgan fingerprint density at radius 1 is 1.50 bits per heavy atom. The average Bonchev–Trinajstić information content (AvgIpc) is 3.04. The molecule has 1 N–H and O–H groups in total. The summed E-state index contributed by atoms with van der Waals surface area (Å²) in [4.78, 5) is 14.0. The van der Waals surface area contributed by atoms with Gasteiger partial charge in [-0.3, -0.25) is 0 Å². The van der Waals surface area contributed by atoms with Crippen LogP contribution in [-0.4, -0.2) is 39.6 Å². The maximum absolute atomic E-state index is 12.3. The van der Waals surface area contributed by atoms with Crippen LogP contribution in [0.4, 0.5) is 4.79 Å². The summed E-state index contributed by atoms with van der Waals surface area (Å²) in [5.74, 6) is 0. The molecule has 1 heterocycles. The third-order valence-corrected chi connectivity index (χ3v) is 5.01. The molecule has 0 spiro atoms. The summed E-state index contributed by atoms with van der Waals surface area (Å²) >= 11 is 3.36. The molecule has 1 aliphatic heterocycles. The molecule has 1 aromatic carbocycles. The van der Waals surface area contributed by atoms with Crippen molar-refractivity contribution in [3.05, 3.63) is 48.6 Å². The highest BCUT2D eigenvalue weighted by Crippen LogP contribution is 2.32. The molecule has 1 aliphatic rings. The van der Waals surface area contributed by atoms with Gasteiger partial charge in [0.2, 0.25) is 0 Å². The van der Waals surface area contributed by atoms with Crippen LogP contribution in [0.15, 0.2) is 43.0 Å². The van der Waals surface area contributed by atoms with Crippen LogP contribution in [0.1, 0.15) is 24.8 Å². The number of hydrogen-bond acceptors (Lipinski definition) is 3. The average molecular weight is 368 g/mol. The number of rotatable bonds is 6. The van der Waals surface area contributed by atoms with Gasteiger partial charge in [0.1, 0.15) is 6.61 Å². The lowest BCUT2D eigenvalue weighted by Crippen LogP contribution is -2.52. The van der Waals surface area contributed by atoms with E-state index in [0.717, 1.165) is 18.4 Å². The second-order valence-electron chi connectivity index (χ2n) is 5.62. The molecule has 0 aliphatic carbocycles. The standard InChI is InChI=1S/C17H22BrNO3/c1-2-10-17(21,13-18)15-9-6-11-19(15)16(20)22-12-14-7-4-3-5-8-14/h2-5,7-8,15,21H,1,6,9-13H2/t15-,17?/m0/s1. The largest absolute Gasteiger partial charge is 0.445 e. The molecule has 22 heavy (non-hydrogen) atoms. The van der Waals surface area contributed by atoms with Crippen LogP contribution in [-0.2, 0) is 11.3 Å². The van der Waals surface area contributed by atoms with Gasteiger partial charge in [-0.2, -0.15) is 0 Å². The van der Waals surface area contributed by atoms with Gasteiger partial charge in [0.15, 0.2) is 0 Å². The van der Waals surface area contributed by atoms with Crippen molar-refractivity contribution in [3.8, 4) is 0 Å². The lowest BCUT2D eigenvalue weighted by atomic mass is 9.91. The highest BCUT2D eigenvalue weighted by atomic mass is 79.9. The molecule has 1 saturated heterocycles. The fourth-order valence-corrected chi connectivity index (χ4v) is 3.48. The number of benzene rings is 1. The minimum Gasteiger partial charge on any atom is -0.445 e. The van der Waals surface area contributed by atoms with Gasteiger partial charge in [-0.05, 0) is 24.8 Å². The zero-order valence-electron chi connectivity index (χ0n) is 12.6. The van der Waals surface area contributed by atoms with Crippen molar-refractivity contribution >= 4 is 22.0 Å². The number of likely N-dealkylation sites (tertiary alicyclic amines) is 1. The van der Waals surface area contributed by atoms with Gasteiger partial charge in [0.25, 0.3) is 0 Å². The molecule has 0 radical (unpaired) electrons. The Morgan fingerprint density at radius 3 is 2.86 bits per heavy atom. The van der Waals surface area contributed by atoms with E-state index >= 15 is 0 Å². The van der Waals surface area contributed by atoms with E-state index in [1.807, 2.05) is 30.3 Å². The first-order valence-corrected chi connectivity index (χ1v) is 8.59. The van der Waals surface area contributed by atoms with E-state index in [-0.39, 0.29) is 18.7 Å². The van der Waals surface area contributed by atoms with Crippen molar-refractivity contribution in [2.75, 3.05) is 11.9 Å². The van der Waals surface area contributed by atoms with Crippen LogP contribution in [0, 0.1) is 0 Å². The molecule has 0 bridgehead atoms. The Hall–Kier alpha value is -1.33. The Labute approximate surface area is 139 Å². The van der Waals surface area contributed by atoms with Crippen LogP contribution in [0.25, 0.3) is 0 Å². The minimum atomic E-state index is -0.996. The van der Waals surface area contributed by atoms with Crippen LogP contribution in [0.5, 0.6) is 0 Å². The summed E-state index contributed by atoms with van der Waals surface area (Å²) in [6, 6.07) is 9.34. The summed E-state index contributed by atoms with van der Waals surface area (Å²) in [6.07, 6.45) is 3.40. The molecule has 2 rings (SSSR count). The zero-order valence-corrected chi connectivity index (χ0v) is 14.2. The van der Waals surface area contributed by atoms with E-state index < -0.39 is 5.60 Å². The molecular weight excluding hydrogens is 346 g/mol. The number of amides is 1. The van der Waals surface area contributed by atoms with Gasteiger partial charge in [-0.15, -0.1) is 6.58 Å². The quantitative estimate of drug-likeness (QED) is 0.618. The molecule has 4 nitrogen and oxygen atoms in total. The van der Waals surface area contributed by atoms with Gasteiger partial charge in [0, 0.05) is 11.9 Å². The highest BCUT2D eigenvalue weighted by molar-refractivity contribution is 9.09. The number of nitrogens with zero attached hydrogens (tertiary/aromatic N) is 1. The lowest BCUT2D eigenvalue weighted by Gasteiger charge is -2.36. The van der Waals surface area contributed by atoms with E-state index in [0.29, 0.717) is 18.3 Å². The lowest BCUT2D eigenvalue weighted by molar-refractivity contribution is -0.0125. The molecule has 1 amide bonds. The number of carbonyl (C=O) groups excluding carboxylic acids is 1. The van der Waals surface area contributed by atoms with E-state index in [2.05, 4.69) is 22.5 Å². The maximum Gasteiger partial charge on any atom is 0.410 e. The predicted molar refractivity (Wildman–Crippen MR) is 89.9 cm³/mol. The number of aliphatic hydroxyl groups is 1. The van der Waals surface area contributed by atoms with Crippen molar-refractivity contribution in [1.29, 1.82) is 0 Å². The molecule has 120 valence electrons. The van der Waals surface area contributed by atoms with Crippen molar-refractivity contribution in [3.63, 3.8) is 0 Å². The number of halogens is 1. The number of carbonyl (C=O) groups is 1. The number of hydrogen-bond donors (Lipinski definition) is 1. The predicted octanol–water partition coefficient (Wildman–Crippen LogP) is 3.49. The van der Waals surface area contributed by atoms with Gasteiger partial charge >= 0.3 is 6.09 Å². The van der Waals surface area contributed by atoms with Gasteiger partial charge in [0.05, 0.1) is 11.6 Å². The summed E-state index contributed by atoms with van der Waals surface area (Å²) in [5.41, 5.74) is -0.0438. The van der Waals surface area contributed by atoms with Gasteiger partial charge in [-0.1, -0.05) is 52.3 Å². The molecule has 2 atom stereocenters. The van der Waals surface area contributed by atoms with Crippen molar-refractivity contribution < 1.29 is 14.6 Å². The molecular formula is C17H22BrNO3. The normalized spacial score (nSPS) is 20.5. The van der Waals surface area contributed by atoms with Gasteiger partial charge < -0.3 is 14.7 Å². The fourth-order valence-electron chi connectivity index (χ4n) is 2.88. The Bertz CT molecular complexity index is 508. The molecule has 0 saturated carbocycles. The van der Waals surface area contributed by atoms with Crippen LogP contribution in [0.2, 0.25) is 0 Å². The zero-order chi connectivity index (χ0) is 16.0. The van der Waals surface area contributed by atoms with Crippen molar-refractivity contribution in [2.45, 2.75) is 37.5 Å². The summed E-state index contributed by atoms with van der Waals surface area (Å²) in [5, 5.41) is 11.2. The molecule has 1 aromatic rings. The summed E-state index contributed by atoms with van der Waals surface area (Å²) < 4.78 is 5.39. The second kappa shape index (κ2) is 7.79. The van der Waals surface area contributed by atoms with Crippen LogP contribution in [0.3, 0.4) is 0 Å². The third kappa shape index (κ3) is 3.90. The van der Waals surface area contributed by atoms with Crippen molar-refractivity contribution in [2.24, 2.45) is 0 Å². The fraction of sp³-hybridized carbons (Fsp3) is 0.471. The number of ether oxygens (including phenoxy) is 1. The third-order valence-electron chi connectivity index (χ3n) is 4.04. The molecule has 0 aromatic heterocycles. The summed E-state index contributed by atoms with van der Waals surface area (Å²) in [6.45, 7) is 4.56. The highest BCUT2D eigenvalue weighted by Gasteiger charge is 2.43. The van der Waals surface area contributed by atoms with E-state index in [1.165, 1.54) is 0 Å². The first-order chi connectivity index (χ1) is 10.6. The summed E-state index contributed by atoms with van der Waals surface area (Å²) in [7, 11) is 0. The monoisotopic (exact) mass is 367 g/mol. The minimum absolute atomic E-state index is 0.242. The Morgan fingerprint density at radius 2 is 2.23 bits per heavy atom. The second-order valence-corrected chi connectivity index (χ2v) is 6.18. The SMILES string of the molecule is C=CCC(O)(CBr)[C@@H]1CCCN1C(=O)OCc1ccccc1. The topological polar surface area (TPSA) is 49.8 Å².